The smallest absolute Gasteiger partial charge is 0.266 e. The number of halogens is 2. The Bertz CT molecular complexity index is 689. The van der Waals surface area contributed by atoms with Crippen LogP contribution in [0.2, 0.25) is 0 Å². The summed E-state index contributed by atoms with van der Waals surface area (Å²) in [4.78, 5) is -0.770. The van der Waals surface area contributed by atoms with E-state index < -0.39 is 38.7 Å². The summed E-state index contributed by atoms with van der Waals surface area (Å²) in [5, 5.41) is 15.7. The van der Waals surface area contributed by atoms with Crippen molar-refractivity contribution >= 4 is 26.5 Å². The van der Waals surface area contributed by atoms with Gasteiger partial charge in [-0.05, 0) is 12.1 Å². The number of hydrogen-bond donors (Lipinski definition) is 2. The van der Waals surface area contributed by atoms with Gasteiger partial charge >= 0.3 is 0 Å². The Kier molecular flexibility index (Phi) is 3.73. The minimum absolute atomic E-state index is 0.0470. The van der Waals surface area contributed by atoms with E-state index in [1.165, 1.54) is 5.51 Å². The van der Waals surface area contributed by atoms with Crippen LogP contribution in [0.3, 0.4) is 0 Å². The predicted molar refractivity (Wildman–Crippen MR) is 63.0 cm³/mol. The lowest BCUT2D eigenvalue weighted by molar-refractivity contribution is 0.267. The second-order valence-electron chi connectivity index (χ2n) is 3.35. The molecule has 0 radical (unpaired) electrons. The van der Waals surface area contributed by atoms with Gasteiger partial charge in [0, 0.05) is 0 Å². The molecule has 0 aliphatic carbocycles. The van der Waals surface area contributed by atoms with E-state index in [4.69, 9.17) is 5.11 Å². The van der Waals surface area contributed by atoms with Crippen molar-refractivity contribution in [3.63, 3.8) is 0 Å². The minimum Gasteiger partial charge on any atom is -0.391 e. The zero-order valence-electron chi connectivity index (χ0n) is 9.17. The molecule has 2 aromatic rings. The van der Waals surface area contributed by atoms with Crippen LogP contribution >= 0.6 is 11.3 Å². The first-order valence-corrected chi connectivity index (χ1v) is 7.18. The number of hydrogen-bond acceptors (Lipinski definition) is 6. The van der Waals surface area contributed by atoms with Crippen LogP contribution in [0.15, 0.2) is 22.5 Å². The van der Waals surface area contributed by atoms with Gasteiger partial charge in [0.15, 0.2) is 5.82 Å². The molecule has 1 aromatic heterocycles. The van der Waals surface area contributed by atoms with Crippen molar-refractivity contribution in [2.75, 3.05) is 4.72 Å². The van der Waals surface area contributed by atoms with E-state index in [0.717, 1.165) is 23.5 Å². The molecule has 0 amide bonds. The molecule has 0 saturated carbocycles. The summed E-state index contributed by atoms with van der Waals surface area (Å²) in [7, 11) is -4.26. The Morgan fingerprint density at radius 1 is 1.37 bits per heavy atom. The van der Waals surface area contributed by atoms with Crippen molar-refractivity contribution in [1.82, 2.24) is 10.2 Å². The first-order chi connectivity index (χ1) is 8.95. The van der Waals surface area contributed by atoms with E-state index in [9.17, 15) is 17.2 Å². The monoisotopic (exact) mass is 307 g/mol. The van der Waals surface area contributed by atoms with Crippen LogP contribution in [0.5, 0.6) is 0 Å². The fraction of sp³-hybridized carbons (Fsp3) is 0.111. The van der Waals surface area contributed by atoms with Crippen molar-refractivity contribution in [1.29, 1.82) is 0 Å². The largest absolute Gasteiger partial charge is 0.391 e. The Balaban J connectivity index is 2.47. The lowest BCUT2D eigenvalue weighted by atomic mass is 10.2. The SMILES string of the molecule is O=S(=O)(Nc1nncs1)c1ccc(F)c(CO)c1F. The van der Waals surface area contributed by atoms with Crippen LogP contribution < -0.4 is 4.72 Å². The van der Waals surface area contributed by atoms with E-state index in [2.05, 4.69) is 10.2 Å². The van der Waals surface area contributed by atoms with Crippen LogP contribution in [0.4, 0.5) is 13.9 Å². The third-order valence-electron chi connectivity index (χ3n) is 2.18. The van der Waals surface area contributed by atoms with E-state index >= 15 is 0 Å². The van der Waals surface area contributed by atoms with Gasteiger partial charge in [0.1, 0.15) is 16.2 Å². The van der Waals surface area contributed by atoms with E-state index in [1.54, 1.807) is 0 Å². The zero-order chi connectivity index (χ0) is 14.0. The molecule has 0 atom stereocenters. The highest BCUT2D eigenvalue weighted by molar-refractivity contribution is 7.93. The summed E-state index contributed by atoms with van der Waals surface area (Å²) in [6.45, 7) is -0.945. The van der Waals surface area contributed by atoms with Gasteiger partial charge < -0.3 is 5.11 Å². The number of rotatable bonds is 4. The molecule has 2 N–H and O–H groups in total. The summed E-state index contributed by atoms with van der Waals surface area (Å²) in [5.41, 5.74) is 0.582. The Labute approximate surface area is 110 Å². The maximum Gasteiger partial charge on any atom is 0.266 e. The van der Waals surface area contributed by atoms with Gasteiger partial charge in [-0.3, -0.25) is 4.72 Å². The van der Waals surface area contributed by atoms with Crippen LogP contribution in [0.25, 0.3) is 0 Å². The molecule has 2 rings (SSSR count). The maximum atomic E-state index is 13.8. The van der Waals surface area contributed by atoms with Gasteiger partial charge in [-0.2, -0.15) is 0 Å². The van der Waals surface area contributed by atoms with Gasteiger partial charge in [-0.1, -0.05) is 11.3 Å². The molecule has 0 bridgehead atoms. The average molecular weight is 307 g/mol. The third kappa shape index (κ3) is 2.69. The lowest BCUT2D eigenvalue weighted by Crippen LogP contribution is -2.16. The maximum absolute atomic E-state index is 13.8. The topological polar surface area (TPSA) is 92.2 Å². The van der Waals surface area contributed by atoms with Gasteiger partial charge in [0.25, 0.3) is 10.0 Å². The van der Waals surface area contributed by atoms with Gasteiger partial charge in [0.2, 0.25) is 5.13 Å². The minimum atomic E-state index is -4.26. The normalized spacial score (nSPS) is 11.5. The molecule has 0 saturated heterocycles. The number of nitrogens with one attached hydrogen (secondary N) is 1. The van der Waals surface area contributed by atoms with Gasteiger partial charge in [-0.15, -0.1) is 10.2 Å². The van der Waals surface area contributed by atoms with Crippen molar-refractivity contribution in [2.24, 2.45) is 0 Å². The molecular formula is C9H7F2N3O3S2. The number of anilines is 1. The van der Waals surface area contributed by atoms with Crippen molar-refractivity contribution in [3.05, 3.63) is 34.8 Å². The summed E-state index contributed by atoms with van der Waals surface area (Å²) in [6.07, 6.45) is 0. The molecule has 6 nitrogen and oxygen atoms in total. The summed E-state index contributed by atoms with van der Waals surface area (Å²) in [6, 6.07) is 1.54. The van der Waals surface area contributed by atoms with Crippen molar-refractivity contribution in [3.8, 4) is 0 Å². The summed E-state index contributed by atoms with van der Waals surface area (Å²) >= 11 is 0.905. The van der Waals surface area contributed by atoms with E-state index in [-0.39, 0.29) is 5.13 Å². The quantitative estimate of drug-likeness (QED) is 0.882. The molecule has 10 heteroatoms. The number of sulfonamides is 1. The summed E-state index contributed by atoms with van der Waals surface area (Å²) < 4.78 is 52.7. The van der Waals surface area contributed by atoms with Crippen LogP contribution in [0.1, 0.15) is 5.56 Å². The second-order valence-corrected chi connectivity index (χ2v) is 5.83. The number of aromatic nitrogens is 2. The average Bonchev–Trinajstić information content (AvgIpc) is 2.81. The predicted octanol–water partition coefficient (Wildman–Crippen LogP) is 1.11. The number of aliphatic hydroxyl groups excluding tert-OH is 1. The fourth-order valence-electron chi connectivity index (χ4n) is 1.32. The molecule has 1 aromatic carbocycles. The number of nitrogens with zero attached hydrogens (tertiary/aromatic N) is 2. The highest BCUT2D eigenvalue weighted by atomic mass is 32.2. The standard InChI is InChI=1S/C9H7F2N3O3S2/c10-6-1-2-7(8(11)5(6)3-15)19(16,17)14-9-13-12-4-18-9/h1-2,4,15H,3H2,(H,13,14). The highest BCUT2D eigenvalue weighted by Crippen LogP contribution is 2.23. The Hall–Kier alpha value is -1.65. The molecule has 0 fully saturated rings. The molecule has 1 heterocycles. The fourth-order valence-corrected chi connectivity index (χ4v) is 3.11. The molecular weight excluding hydrogens is 300 g/mol. The van der Waals surface area contributed by atoms with Crippen molar-refractivity contribution in [2.45, 2.75) is 11.5 Å². The zero-order valence-corrected chi connectivity index (χ0v) is 10.8. The molecule has 19 heavy (non-hydrogen) atoms. The van der Waals surface area contributed by atoms with Crippen LogP contribution in [-0.2, 0) is 16.6 Å². The van der Waals surface area contributed by atoms with Crippen LogP contribution in [-0.4, -0.2) is 23.7 Å². The van der Waals surface area contributed by atoms with Crippen LogP contribution in [0, 0.1) is 11.6 Å². The van der Waals surface area contributed by atoms with Crippen molar-refractivity contribution < 1.29 is 22.3 Å². The number of aliphatic hydroxyl groups is 1. The highest BCUT2D eigenvalue weighted by Gasteiger charge is 2.24. The van der Waals surface area contributed by atoms with E-state index in [1.807, 2.05) is 4.72 Å². The lowest BCUT2D eigenvalue weighted by Gasteiger charge is -2.09. The third-order valence-corrected chi connectivity index (χ3v) is 4.27. The van der Waals surface area contributed by atoms with Gasteiger partial charge in [0.05, 0.1) is 12.2 Å². The summed E-state index contributed by atoms with van der Waals surface area (Å²) in [5.74, 6) is -2.35. The molecule has 0 unspecified atom stereocenters. The van der Waals surface area contributed by atoms with E-state index in [0.29, 0.717) is 0 Å². The first-order valence-electron chi connectivity index (χ1n) is 4.82. The van der Waals surface area contributed by atoms with Gasteiger partial charge in [-0.25, -0.2) is 17.2 Å². The molecule has 0 aliphatic heterocycles. The second kappa shape index (κ2) is 5.15. The first kappa shape index (κ1) is 13.8. The molecule has 0 aliphatic rings. The Morgan fingerprint density at radius 3 is 2.68 bits per heavy atom. The molecule has 102 valence electrons. The Morgan fingerprint density at radius 2 is 2.11 bits per heavy atom. The molecule has 0 spiro atoms. The number of benzene rings is 1.